The second kappa shape index (κ2) is 3.88. The summed E-state index contributed by atoms with van der Waals surface area (Å²) in [7, 11) is 0. The summed E-state index contributed by atoms with van der Waals surface area (Å²) in [6.45, 7) is 0. The highest BCUT2D eigenvalue weighted by Crippen LogP contribution is 2.38. The highest BCUT2D eigenvalue weighted by Gasteiger charge is 2.33. The van der Waals surface area contributed by atoms with Gasteiger partial charge >= 0.3 is 0 Å². The van der Waals surface area contributed by atoms with E-state index in [0.717, 1.165) is 0 Å². The summed E-state index contributed by atoms with van der Waals surface area (Å²) in [4.78, 5) is 0. The average Bonchev–Trinajstić information content (AvgIpc) is 2.46. The first-order valence-electron chi connectivity index (χ1n) is 6.84. The van der Waals surface area contributed by atoms with E-state index < -0.39 is 0 Å². The Kier molecular flexibility index (Phi) is 2.19. The lowest BCUT2D eigenvalue weighted by Gasteiger charge is -2.39. The highest BCUT2D eigenvalue weighted by atomic mass is 14.9. The first-order valence-corrected chi connectivity index (χ1v) is 6.84. The van der Waals surface area contributed by atoms with E-state index in [1.165, 1.54) is 23.3 Å². The van der Waals surface area contributed by atoms with Crippen molar-refractivity contribution in [3.8, 4) is 0 Å². The zero-order valence-corrected chi connectivity index (χ0v) is 10.3. The molecule has 0 saturated heterocycles. The molecule has 1 nitrogen and oxygen atoms in total. The van der Waals surface area contributed by atoms with Crippen LogP contribution in [0, 0.1) is 11.8 Å². The predicted molar refractivity (Wildman–Crippen MR) is 75.0 cm³/mol. The van der Waals surface area contributed by atoms with Gasteiger partial charge in [-0.3, -0.25) is 0 Å². The van der Waals surface area contributed by atoms with Crippen LogP contribution >= 0.6 is 0 Å². The summed E-state index contributed by atoms with van der Waals surface area (Å²) in [5.41, 5.74) is 1.60. The number of rotatable bonds is 0. The van der Waals surface area contributed by atoms with Crippen molar-refractivity contribution in [1.82, 2.24) is 5.32 Å². The zero-order valence-electron chi connectivity index (χ0n) is 10.3. The van der Waals surface area contributed by atoms with Crippen LogP contribution in [-0.4, -0.2) is 6.04 Å². The van der Waals surface area contributed by atoms with Crippen LogP contribution in [0.2, 0.25) is 0 Å². The third-order valence-electron chi connectivity index (χ3n) is 4.48. The Balaban J connectivity index is 1.99. The van der Waals surface area contributed by atoms with Gasteiger partial charge in [0.2, 0.25) is 0 Å². The van der Waals surface area contributed by atoms with E-state index in [4.69, 9.17) is 0 Å². The summed E-state index contributed by atoms with van der Waals surface area (Å²) < 4.78 is 0. The molecule has 1 saturated carbocycles. The van der Waals surface area contributed by atoms with Crippen molar-refractivity contribution in [3.63, 3.8) is 0 Å². The maximum atomic E-state index is 3.59. The van der Waals surface area contributed by atoms with E-state index in [-0.39, 0.29) is 0 Å². The Morgan fingerprint density at radius 3 is 2.89 bits per heavy atom. The minimum atomic E-state index is 0.539. The molecule has 1 heterocycles. The number of hydrogen-bond acceptors (Lipinski definition) is 1. The molecule has 0 amide bonds. The number of allylic oxidation sites excluding steroid dienone is 4. The molecule has 0 radical (unpaired) electrons. The van der Waals surface area contributed by atoms with Gasteiger partial charge in [-0.2, -0.15) is 0 Å². The third kappa shape index (κ3) is 1.40. The van der Waals surface area contributed by atoms with Gasteiger partial charge in [-0.1, -0.05) is 48.6 Å². The molecule has 1 aromatic carbocycles. The molecular formula is C17H17N. The van der Waals surface area contributed by atoms with Crippen molar-refractivity contribution in [2.75, 3.05) is 0 Å². The summed E-state index contributed by atoms with van der Waals surface area (Å²) >= 11 is 0. The van der Waals surface area contributed by atoms with Crippen molar-refractivity contribution in [2.24, 2.45) is 11.8 Å². The van der Waals surface area contributed by atoms with E-state index in [1.54, 1.807) is 5.57 Å². The molecular weight excluding hydrogens is 218 g/mol. The summed E-state index contributed by atoms with van der Waals surface area (Å²) in [6.07, 6.45) is 13.9. The minimum absolute atomic E-state index is 0.539. The molecule has 1 unspecified atom stereocenters. The first kappa shape index (κ1) is 10.2. The fraction of sp³-hybridized carbons (Fsp3) is 0.294. The molecule has 3 atom stereocenters. The Bertz CT molecular complexity index is 650. The number of fused-ring (bicyclic) bond motifs is 4. The maximum Gasteiger partial charge on any atom is 0.0483 e. The van der Waals surface area contributed by atoms with Crippen molar-refractivity contribution in [2.45, 2.75) is 18.9 Å². The van der Waals surface area contributed by atoms with Crippen LogP contribution in [0.3, 0.4) is 0 Å². The molecule has 4 rings (SSSR count). The molecule has 1 heteroatoms. The lowest BCUT2D eigenvalue weighted by atomic mass is 9.70. The van der Waals surface area contributed by atoms with Crippen LogP contribution in [0.15, 0.2) is 48.6 Å². The van der Waals surface area contributed by atoms with Gasteiger partial charge in [0, 0.05) is 18.2 Å². The van der Waals surface area contributed by atoms with Crippen molar-refractivity contribution >= 4 is 11.8 Å². The fourth-order valence-electron chi connectivity index (χ4n) is 3.63. The van der Waals surface area contributed by atoms with Gasteiger partial charge in [0.05, 0.1) is 0 Å². The molecule has 90 valence electrons. The molecule has 0 spiro atoms. The molecule has 0 aromatic heterocycles. The number of benzene rings is 1. The van der Waals surface area contributed by atoms with Gasteiger partial charge in [-0.05, 0) is 34.8 Å². The quantitative estimate of drug-likeness (QED) is 0.721. The SMILES string of the molecule is C1=C[C@@H]2CCC3NC=c4ccccc4=C3[C@H]2C=C1. The summed E-state index contributed by atoms with van der Waals surface area (Å²) in [5.74, 6) is 1.30. The lowest BCUT2D eigenvalue weighted by molar-refractivity contribution is 0.409. The van der Waals surface area contributed by atoms with E-state index in [2.05, 4.69) is 60.1 Å². The monoisotopic (exact) mass is 235 g/mol. The topological polar surface area (TPSA) is 12.0 Å². The number of nitrogens with one attached hydrogen (secondary N) is 1. The largest absolute Gasteiger partial charge is 0.384 e. The summed E-state index contributed by atoms with van der Waals surface area (Å²) in [6, 6.07) is 9.31. The van der Waals surface area contributed by atoms with Gasteiger partial charge in [-0.25, -0.2) is 0 Å². The molecule has 3 aliphatic rings. The molecule has 2 aliphatic carbocycles. The van der Waals surface area contributed by atoms with Gasteiger partial charge < -0.3 is 5.32 Å². The van der Waals surface area contributed by atoms with E-state index in [0.29, 0.717) is 17.9 Å². The van der Waals surface area contributed by atoms with Crippen LogP contribution in [0.4, 0.5) is 0 Å². The second-order valence-corrected chi connectivity index (χ2v) is 5.44. The van der Waals surface area contributed by atoms with E-state index in [1.807, 2.05) is 0 Å². The Morgan fingerprint density at radius 1 is 1.00 bits per heavy atom. The summed E-state index contributed by atoms with van der Waals surface area (Å²) in [5, 5.41) is 6.38. The second-order valence-electron chi connectivity index (χ2n) is 5.44. The predicted octanol–water partition coefficient (Wildman–Crippen LogP) is 1.70. The van der Waals surface area contributed by atoms with Crippen LogP contribution in [0.5, 0.6) is 0 Å². The van der Waals surface area contributed by atoms with Crippen LogP contribution in [0.1, 0.15) is 12.8 Å². The normalized spacial score (nSPS) is 31.8. The van der Waals surface area contributed by atoms with Crippen LogP contribution in [-0.2, 0) is 0 Å². The molecule has 0 bridgehead atoms. The number of hydrogen-bond donors (Lipinski definition) is 1. The maximum absolute atomic E-state index is 3.59. The molecule has 1 N–H and O–H groups in total. The van der Waals surface area contributed by atoms with Crippen molar-refractivity contribution in [3.05, 3.63) is 59.0 Å². The van der Waals surface area contributed by atoms with Gasteiger partial charge in [-0.15, -0.1) is 0 Å². The lowest BCUT2D eigenvalue weighted by Crippen LogP contribution is -2.47. The Hall–Kier alpha value is -1.76. The van der Waals surface area contributed by atoms with E-state index >= 15 is 0 Å². The molecule has 1 fully saturated rings. The zero-order chi connectivity index (χ0) is 11.9. The average molecular weight is 235 g/mol. The fourth-order valence-corrected chi connectivity index (χ4v) is 3.63. The molecule has 1 aromatic rings. The Labute approximate surface area is 107 Å². The highest BCUT2D eigenvalue weighted by molar-refractivity contribution is 5.62. The standard InChI is InChI=1S/C17H17N/c1-3-7-14-12(5-1)9-10-16-17(14)15-8-4-2-6-13(15)11-18-16/h1-8,11-12,14,16,18H,9-10H2/t12-,14+,16?/m1/s1. The van der Waals surface area contributed by atoms with Crippen molar-refractivity contribution in [1.29, 1.82) is 0 Å². The smallest absolute Gasteiger partial charge is 0.0483 e. The van der Waals surface area contributed by atoms with Gasteiger partial charge in [0.25, 0.3) is 0 Å². The van der Waals surface area contributed by atoms with Crippen molar-refractivity contribution < 1.29 is 0 Å². The Morgan fingerprint density at radius 2 is 1.89 bits per heavy atom. The first-order chi connectivity index (χ1) is 8.93. The van der Waals surface area contributed by atoms with E-state index in [9.17, 15) is 0 Å². The van der Waals surface area contributed by atoms with Crippen LogP contribution < -0.4 is 15.8 Å². The van der Waals surface area contributed by atoms with Gasteiger partial charge in [0.15, 0.2) is 0 Å². The molecule has 1 aliphatic heterocycles. The van der Waals surface area contributed by atoms with Gasteiger partial charge in [0.1, 0.15) is 0 Å². The van der Waals surface area contributed by atoms with Crippen LogP contribution in [0.25, 0.3) is 11.8 Å². The molecule has 18 heavy (non-hydrogen) atoms. The third-order valence-corrected chi connectivity index (χ3v) is 4.48. The minimum Gasteiger partial charge on any atom is -0.384 e.